The maximum absolute atomic E-state index is 13.3. The third kappa shape index (κ3) is 4.67. The molecule has 0 radical (unpaired) electrons. The van der Waals surface area contributed by atoms with Gasteiger partial charge in [0.05, 0.1) is 9.85 Å². The SMILES string of the molecule is O=[N+]([O-])c1cccc(CN(Cc2cccc([N+](=O)[O-])c2)c2ccc(F)cc2)c1. The van der Waals surface area contributed by atoms with Crippen LogP contribution in [0.15, 0.2) is 72.8 Å². The molecule has 0 aliphatic carbocycles. The summed E-state index contributed by atoms with van der Waals surface area (Å²) in [7, 11) is 0. The first-order valence-electron chi connectivity index (χ1n) is 8.39. The van der Waals surface area contributed by atoms with Crippen molar-refractivity contribution in [3.8, 4) is 0 Å². The van der Waals surface area contributed by atoms with Crippen molar-refractivity contribution in [3.05, 3.63) is 110 Å². The molecule has 0 aliphatic heterocycles. The van der Waals surface area contributed by atoms with Crippen LogP contribution in [-0.2, 0) is 13.1 Å². The van der Waals surface area contributed by atoms with Gasteiger partial charge in [0.15, 0.2) is 0 Å². The normalized spacial score (nSPS) is 10.5. The lowest BCUT2D eigenvalue weighted by Crippen LogP contribution is -2.22. The third-order valence-corrected chi connectivity index (χ3v) is 4.18. The number of halogens is 1. The van der Waals surface area contributed by atoms with Crippen LogP contribution in [0.1, 0.15) is 11.1 Å². The summed E-state index contributed by atoms with van der Waals surface area (Å²) in [4.78, 5) is 23.0. The molecule has 0 bridgehead atoms. The number of non-ortho nitro benzene ring substituents is 2. The van der Waals surface area contributed by atoms with Gasteiger partial charge in [0, 0.05) is 43.0 Å². The zero-order chi connectivity index (χ0) is 20.1. The molecular weight excluding hydrogens is 365 g/mol. The van der Waals surface area contributed by atoms with Gasteiger partial charge in [0.2, 0.25) is 0 Å². The largest absolute Gasteiger partial charge is 0.363 e. The molecule has 0 spiro atoms. The summed E-state index contributed by atoms with van der Waals surface area (Å²) in [6.45, 7) is 0.631. The van der Waals surface area contributed by atoms with E-state index in [9.17, 15) is 24.6 Å². The highest BCUT2D eigenvalue weighted by atomic mass is 19.1. The summed E-state index contributed by atoms with van der Waals surface area (Å²) in [6.07, 6.45) is 0. The smallest absolute Gasteiger partial charge is 0.269 e. The molecule has 7 nitrogen and oxygen atoms in total. The predicted octanol–water partition coefficient (Wildman–Crippen LogP) is 4.85. The fourth-order valence-electron chi connectivity index (χ4n) is 2.87. The second-order valence-electron chi connectivity index (χ2n) is 6.19. The van der Waals surface area contributed by atoms with E-state index in [1.807, 2.05) is 4.90 Å². The molecule has 3 aromatic rings. The van der Waals surface area contributed by atoms with Gasteiger partial charge >= 0.3 is 0 Å². The minimum absolute atomic E-state index is 0.0214. The molecule has 0 amide bonds. The number of rotatable bonds is 7. The van der Waals surface area contributed by atoms with E-state index in [2.05, 4.69) is 0 Å². The van der Waals surface area contributed by atoms with Gasteiger partial charge in [-0.05, 0) is 35.4 Å². The molecule has 0 saturated heterocycles. The van der Waals surface area contributed by atoms with Gasteiger partial charge in [-0.3, -0.25) is 20.2 Å². The minimum Gasteiger partial charge on any atom is -0.363 e. The average Bonchev–Trinajstić information content (AvgIpc) is 2.68. The number of nitro benzene ring substituents is 2. The van der Waals surface area contributed by atoms with Crippen molar-refractivity contribution in [2.24, 2.45) is 0 Å². The van der Waals surface area contributed by atoms with Gasteiger partial charge in [-0.25, -0.2) is 4.39 Å². The molecule has 142 valence electrons. The molecule has 0 saturated carbocycles. The highest BCUT2D eigenvalue weighted by Gasteiger charge is 2.14. The minimum atomic E-state index is -0.466. The Labute approximate surface area is 160 Å². The Morgan fingerprint density at radius 1 is 0.750 bits per heavy atom. The highest BCUT2D eigenvalue weighted by Crippen LogP contribution is 2.24. The standard InChI is InChI=1S/C20H16FN3O4/c21-17-7-9-18(10-8-17)22(13-15-3-1-5-19(11-15)23(25)26)14-16-4-2-6-20(12-16)24(27)28/h1-12H,13-14H2. The average molecular weight is 381 g/mol. The molecule has 0 unspecified atom stereocenters. The maximum atomic E-state index is 13.3. The van der Waals surface area contributed by atoms with E-state index in [-0.39, 0.29) is 17.2 Å². The molecule has 0 fully saturated rings. The van der Waals surface area contributed by atoms with Gasteiger partial charge in [-0.2, -0.15) is 0 Å². The van der Waals surface area contributed by atoms with E-state index < -0.39 is 9.85 Å². The molecule has 8 heteroatoms. The van der Waals surface area contributed by atoms with Gasteiger partial charge < -0.3 is 4.90 Å². The zero-order valence-electron chi connectivity index (χ0n) is 14.7. The number of anilines is 1. The van der Waals surface area contributed by atoms with Crippen LogP contribution in [0.2, 0.25) is 0 Å². The molecule has 0 atom stereocenters. The lowest BCUT2D eigenvalue weighted by molar-refractivity contribution is -0.385. The molecule has 0 heterocycles. The molecule has 0 aliphatic rings. The second kappa shape index (κ2) is 8.26. The van der Waals surface area contributed by atoms with Crippen molar-refractivity contribution in [3.63, 3.8) is 0 Å². The molecule has 0 N–H and O–H groups in total. The van der Waals surface area contributed by atoms with Crippen LogP contribution in [0, 0.1) is 26.0 Å². The topological polar surface area (TPSA) is 89.5 Å². The van der Waals surface area contributed by atoms with Crippen molar-refractivity contribution in [1.29, 1.82) is 0 Å². The first-order chi connectivity index (χ1) is 13.4. The predicted molar refractivity (Wildman–Crippen MR) is 102 cm³/mol. The van der Waals surface area contributed by atoms with Crippen LogP contribution in [0.3, 0.4) is 0 Å². The molecule has 0 aromatic heterocycles. The van der Waals surface area contributed by atoms with Crippen molar-refractivity contribution in [2.45, 2.75) is 13.1 Å². The summed E-state index contributed by atoms with van der Waals surface area (Å²) >= 11 is 0. The third-order valence-electron chi connectivity index (χ3n) is 4.18. The van der Waals surface area contributed by atoms with E-state index in [0.717, 1.165) is 0 Å². The van der Waals surface area contributed by atoms with E-state index in [4.69, 9.17) is 0 Å². The summed E-state index contributed by atoms with van der Waals surface area (Å²) in [5, 5.41) is 22.1. The van der Waals surface area contributed by atoms with E-state index in [1.165, 1.54) is 36.4 Å². The van der Waals surface area contributed by atoms with Gasteiger partial charge in [0.25, 0.3) is 11.4 Å². The fourth-order valence-corrected chi connectivity index (χ4v) is 2.87. The summed E-state index contributed by atoms with van der Waals surface area (Å²) in [5.41, 5.74) is 2.05. The van der Waals surface area contributed by atoms with Crippen LogP contribution in [0.5, 0.6) is 0 Å². The lowest BCUT2D eigenvalue weighted by Gasteiger charge is -2.25. The van der Waals surface area contributed by atoms with Crippen molar-refractivity contribution in [2.75, 3.05) is 4.90 Å². The van der Waals surface area contributed by atoms with Crippen LogP contribution in [0.25, 0.3) is 0 Å². The molecule has 3 rings (SSSR count). The zero-order valence-corrected chi connectivity index (χ0v) is 14.7. The van der Waals surface area contributed by atoms with E-state index in [1.54, 1.807) is 36.4 Å². The summed E-state index contributed by atoms with van der Waals surface area (Å²) in [6, 6.07) is 18.3. The van der Waals surface area contributed by atoms with E-state index in [0.29, 0.717) is 29.9 Å². The highest BCUT2D eigenvalue weighted by molar-refractivity contribution is 5.49. The van der Waals surface area contributed by atoms with Crippen molar-refractivity contribution >= 4 is 17.1 Å². The fraction of sp³-hybridized carbons (Fsp3) is 0.100. The summed E-state index contributed by atoms with van der Waals surface area (Å²) in [5.74, 6) is -0.380. The Morgan fingerprint density at radius 3 is 1.64 bits per heavy atom. The Bertz CT molecular complexity index is 949. The molecular formula is C20H16FN3O4. The Balaban J connectivity index is 1.92. The monoisotopic (exact) mass is 381 g/mol. The van der Waals surface area contributed by atoms with Crippen LogP contribution < -0.4 is 4.90 Å². The quantitative estimate of drug-likeness (QED) is 0.431. The number of nitro groups is 2. The van der Waals surface area contributed by atoms with E-state index >= 15 is 0 Å². The molecule has 3 aromatic carbocycles. The van der Waals surface area contributed by atoms with Gasteiger partial charge in [-0.1, -0.05) is 24.3 Å². The number of benzene rings is 3. The van der Waals surface area contributed by atoms with Crippen LogP contribution in [0.4, 0.5) is 21.5 Å². The molecule has 28 heavy (non-hydrogen) atoms. The van der Waals surface area contributed by atoms with Crippen molar-refractivity contribution in [1.82, 2.24) is 0 Å². The summed E-state index contributed by atoms with van der Waals surface area (Å²) < 4.78 is 13.3. The second-order valence-corrected chi connectivity index (χ2v) is 6.19. The first kappa shape index (κ1) is 19.0. The van der Waals surface area contributed by atoms with Crippen LogP contribution in [-0.4, -0.2) is 9.85 Å². The van der Waals surface area contributed by atoms with Crippen molar-refractivity contribution < 1.29 is 14.2 Å². The Kier molecular flexibility index (Phi) is 5.59. The Morgan fingerprint density at radius 2 is 1.21 bits per heavy atom. The Hall–Kier alpha value is -3.81. The first-order valence-corrected chi connectivity index (χ1v) is 8.39. The number of hydrogen-bond donors (Lipinski definition) is 0. The number of hydrogen-bond acceptors (Lipinski definition) is 5. The van der Waals surface area contributed by atoms with Gasteiger partial charge in [-0.15, -0.1) is 0 Å². The maximum Gasteiger partial charge on any atom is 0.269 e. The lowest BCUT2D eigenvalue weighted by atomic mass is 10.1. The number of nitrogens with zero attached hydrogens (tertiary/aromatic N) is 3. The van der Waals surface area contributed by atoms with Crippen LogP contribution >= 0.6 is 0 Å². The van der Waals surface area contributed by atoms with Gasteiger partial charge in [0.1, 0.15) is 5.82 Å².